The molecule has 3 N–H and O–H groups in total. The predicted octanol–water partition coefficient (Wildman–Crippen LogP) is 3.31. The van der Waals surface area contributed by atoms with Crippen molar-refractivity contribution in [3.05, 3.63) is 106 Å². The maximum absolute atomic E-state index is 13.2. The molecule has 2 heterocycles. The number of rotatable bonds is 7. The smallest absolute Gasteiger partial charge is 0.305 e. The Labute approximate surface area is 187 Å². The third-order valence-corrected chi connectivity index (χ3v) is 5.01. The van der Waals surface area contributed by atoms with Gasteiger partial charge in [0.2, 0.25) is 0 Å². The molecule has 4 rings (SSSR count). The Bertz CT molecular complexity index is 1330. The Morgan fingerprint density at radius 3 is 2.42 bits per heavy atom. The first kappa shape index (κ1) is 21.7. The van der Waals surface area contributed by atoms with Crippen LogP contribution in [0.25, 0.3) is 16.9 Å². The van der Waals surface area contributed by atoms with Crippen LogP contribution in [0.4, 0.5) is 4.39 Å². The summed E-state index contributed by atoms with van der Waals surface area (Å²) in [6, 6.07) is 18.0. The summed E-state index contributed by atoms with van der Waals surface area (Å²) in [4.78, 5) is 40.8. The molecule has 166 valence electrons. The number of nitrogens with one attached hydrogen (secondary N) is 2. The molecule has 9 heteroatoms. The SMILES string of the molecule is O=C(O)CC(NC(=O)c1cc(=O)n(-c2ccc(F)cc2)[nH]1)c1ccc(-c2ccccn2)cc1. The van der Waals surface area contributed by atoms with Gasteiger partial charge >= 0.3 is 5.97 Å². The molecule has 0 saturated carbocycles. The first-order valence-electron chi connectivity index (χ1n) is 10.0. The van der Waals surface area contributed by atoms with E-state index in [1.807, 2.05) is 18.2 Å². The fraction of sp³-hybridized carbons (Fsp3) is 0.0833. The van der Waals surface area contributed by atoms with E-state index < -0.39 is 29.3 Å². The Kier molecular flexibility index (Phi) is 6.12. The maximum Gasteiger partial charge on any atom is 0.305 e. The average Bonchev–Trinajstić information content (AvgIpc) is 3.21. The highest BCUT2D eigenvalue weighted by atomic mass is 19.1. The minimum Gasteiger partial charge on any atom is -0.481 e. The second kappa shape index (κ2) is 9.31. The number of amides is 1. The van der Waals surface area contributed by atoms with Crippen molar-refractivity contribution in [3.63, 3.8) is 0 Å². The van der Waals surface area contributed by atoms with Crippen molar-refractivity contribution >= 4 is 11.9 Å². The van der Waals surface area contributed by atoms with Crippen LogP contribution < -0.4 is 10.9 Å². The second-order valence-corrected chi connectivity index (χ2v) is 7.28. The largest absolute Gasteiger partial charge is 0.481 e. The molecule has 4 aromatic rings. The Hall–Kier alpha value is -4.53. The van der Waals surface area contributed by atoms with Crippen LogP contribution in [0.3, 0.4) is 0 Å². The summed E-state index contributed by atoms with van der Waals surface area (Å²) < 4.78 is 14.3. The Morgan fingerprint density at radius 2 is 1.79 bits per heavy atom. The number of aromatic nitrogens is 3. The lowest BCUT2D eigenvalue weighted by molar-refractivity contribution is -0.137. The molecule has 0 aliphatic heterocycles. The average molecular weight is 446 g/mol. The third kappa shape index (κ3) is 5.04. The van der Waals surface area contributed by atoms with E-state index in [1.54, 1.807) is 30.5 Å². The fourth-order valence-electron chi connectivity index (χ4n) is 3.38. The van der Waals surface area contributed by atoms with Gasteiger partial charge < -0.3 is 10.4 Å². The van der Waals surface area contributed by atoms with Crippen LogP contribution in [0, 0.1) is 5.82 Å². The van der Waals surface area contributed by atoms with Gasteiger partial charge in [-0.05, 0) is 42.0 Å². The normalized spacial score (nSPS) is 11.7. The molecular formula is C24H19FN4O4. The summed E-state index contributed by atoms with van der Waals surface area (Å²) >= 11 is 0. The van der Waals surface area contributed by atoms with E-state index in [9.17, 15) is 23.9 Å². The van der Waals surface area contributed by atoms with Crippen LogP contribution >= 0.6 is 0 Å². The highest BCUT2D eigenvalue weighted by Gasteiger charge is 2.21. The molecule has 8 nitrogen and oxygen atoms in total. The molecule has 0 bridgehead atoms. The summed E-state index contributed by atoms with van der Waals surface area (Å²) in [5, 5.41) is 14.7. The van der Waals surface area contributed by atoms with Gasteiger partial charge in [0, 0.05) is 17.8 Å². The number of aliphatic carboxylic acids is 1. The Balaban J connectivity index is 1.56. The minimum atomic E-state index is -1.09. The number of carbonyl (C=O) groups excluding carboxylic acids is 1. The van der Waals surface area contributed by atoms with Gasteiger partial charge in [-0.2, -0.15) is 0 Å². The summed E-state index contributed by atoms with van der Waals surface area (Å²) in [6.07, 6.45) is 1.33. The number of halogens is 1. The molecule has 0 saturated heterocycles. The molecule has 2 aromatic carbocycles. The van der Waals surface area contributed by atoms with Crippen LogP contribution in [0.5, 0.6) is 0 Å². The Morgan fingerprint density at radius 1 is 1.06 bits per heavy atom. The summed E-state index contributed by atoms with van der Waals surface area (Å²) in [7, 11) is 0. The van der Waals surface area contributed by atoms with Crippen molar-refractivity contribution in [1.29, 1.82) is 0 Å². The number of hydrogen-bond acceptors (Lipinski definition) is 4. The molecular weight excluding hydrogens is 427 g/mol. The third-order valence-electron chi connectivity index (χ3n) is 5.01. The van der Waals surface area contributed by atoms with Gasteiger partial charge in [-0.25, -0.2) is 9.07 Å². The standard InChI is InChI=1S/C24H19FN4O4/c25-17-8-10-18(11-9-17)29-22(30)13-21(28-29)24(33)27-20(14-23(31)32)16-6-4-15(5-7-16)19-3-1-2-12-26-19/h1-13,20,28H,14H2,(H,27,33)(H,31,32). The van der Waals surface area contributed by atoms with Crippen molar-refractivity contribution in [3.8, 4) is 16.9 Å². The molecule has 0 fully saturated rings. The number of carbonyl (C=O) groups is 2. The van der Waals surface area contributed by atoms with Crippen LogP contribution in [-0.2, 0) is 4.79 Å². The van der Waals surface area contributed by atoms with E-state index in [0.717, 1.165) is 22.0 Å². The maximum atomic E-state index is 13.2. The lowest BCUT2D eigenvalue weighted by atomic mass is 10.0. The van der Waals surface area contributed by atoms with E-state index in [4.69, 9.17) is 0 Å². The number of benzene rings is 2. The van der Waals surface area contributed by atoms with E-state index in [2.05, 4.69) is 15.4 Å². The molecule has 0 spiro atoms. The summed E-state index contributed by atoms with van der Waals surface area (Å²) in [5.74, 6) is -2.19. The quantitative estimate of drug-likeness (QED) is 0.403. The highest BCUT2D eigenvalue weighted by Crippen LogP contribution is 2.22. The molecule has 33 heavy (non-hydrogen) atoms. The van der Waals surface area contributed by atoms with Gasteiger partial charge in [0.25, 0.3) is 11.5 Å². The number of carboxylic acid groups (broad SMARTS) is 1. The van der Waals surface area contributed by atoms with Crippen molar-refractivity contribution < 1.29 is 19.1 Å². The number of H-pyrrole nitrogens is 1. The minimum absolute atomic E-state index is 0.0511. The number of pyridine rings is 1. The monoisotopic (exact) mass is 446 g/mol. The number of aromatic amines is 1. The van der Waals surface area contributed by atoms with Crippen LogP contribution in [-0.4, -0.2) is 31.7 Å². The zero-order valence-corrected chi connectivity index (χ0v) is 17.2. The van der Waals surface area contributed by atoms with E-state index in [0.29, 0.717) is 11.3 Å². The van der Waals surface area contributed by atoms with Gasteiger partial charge in [-0.15, -0.1) is 0 Å². The van der Waals surface area contributed by atoms with Crippen LogP contribution in [0.2, 0.25) is 0 Å². The number of nitrogens with zero attached hydrogens (tertiary/aromatic N) is 2. The van der Waals surface area contributed by atoms with Gasteiger partial charge in [0.15, 0.2) is 0 Å². The second-order valence-electron chi connectivity index (χ2n) is 7.28. The summed E-state index contributed by atoms with van der Waals surface area (Å²) in [6.45, 7) is 0. The molecule has 2 aromatic heterocycles. The van der Waals surface area contributed by atoms with Crippen molar-refractivity contribution in [1.82, 2.24) is 20.1 Å². The molecule has 1 atom stereocenters. The summed E-state index contributed by atoms with van der Waals surface area (Å²) in [5.41, 5.74) is 1.99. The topological polar surface area (TPSA) is 117 Å². The first-order valence-corrected chi connectivity index (χ1v) is 10.0. The molecule has 0 radical (unpaired) electrons. The predicted molar refractivity (Wildman–Crippen MR) is 118 cm³/mol. The zero-order valence-electron chi connectivity index (χ0n) is 17.2. The van der Waals surface area contributed by atoms with E-state index >= 15 is 0 Å². The van der Waals surface area contributed by atoms with Gasteiger partial charge in [-0.1, -0.05) is 30.3 Å². The molecule has 0 aliphatic carbocycles. The van der Waals surface area contributed by atoms with Gasteiger partial charge in [-0.3, -0.25) is 24.5 Å². The van der Waals surface area contributed by atoms with Crippen LogP contribution in [0.1, 0.15) is 28.5 Å². The number of carboxylic acids is 1. The molecule has 0 aliphatic rings. The lowest BCUT2D eigenvalue weighted by Crippen LogP contribution is -2.30. The zero-order chi connectivity index (χ0) is 23.4. The first-order chi connectivity index (χ1) is 15.9. The van der Waals surface area contributed by atoms with Crippen molar-refractivity contribution in [2.45, 2.75) is 12.5 Å². The fourth-order valence-corrected chi connectivity index (χ4v) is 3.38. The lowest BCUT2D eigenvalue weighted by Gasteiger charge is -2.17. The van der Waals surface area contributed by atoms with E-state index in [-0.39, 0.29) is 12.1 Å². The van der Waals surface area contributed by atoms with Gasteiger partial charge in [0.1, 0.15) is 11.5 Å². The molecule has 1 unspecified atom stereocenters. The highest BCUT2D eigenvalue weighted by molar-refractivity contribution is 5.92. The van der Waals surface area contributed by atoms with E-state index in [1.165, 1.54) is 24.3 Å². The number of hydrogen-bond donors (Lipinski definition) is 3. The van der Waals surface area contributed by atoms with Gasteiger partial charge in [0.05, 0.1) is 23.8 Å². The van der Waals surface area contributed by atoms with Crippen LogP contribution in [0.15, 0.2) is 83.8 Å². The molecule has 1 amide bonds. The van der Waals surface area contributed by atoms with Crippen molar-refractivity contribution in [2.75, 3.05) is 0 Å². The van der Waals surface area contributed by atoms with Crippen molar-refractivity contribution in [2.24, 2.45) is 0 Å².